The minimum atomic E-state index is -0.309. The number of hydrogen-bond acceptors (Lipinski definition) is 7. The van der Waals surface area contributed by atoms with Crippen LogP contribution in [0, 0.1) is 0 Å². The van der Waals surface area contributed by atoms with Crippen LogP contribution >= 0.6 is 0 Å². The van der Waals surface area contributed by atoms with Crippen LogP contribution in [0.3, 0.4) is 0 Å². The van der Waals surface area contributed by atoms with E-state index in [0.29, 0.717) is 30.6 Å². The first-order chi connectivity index (χ1) is 20.9. The fourth-order valence-corrected chi connectivity index (χ4v) is 6.12. The van der Waals surface area contributed by atoms with Gasteiger partial charge in [-0.15, -0.1) is 0 Å². The van der Waals surface area contributed by atoms with Crippen molar-refractivity contribution in [3.8, 4) is 22.3 Å². The number of nitrogen functional groups attached to an aromatic ring is 1. The highest BCUT2D eigenvalue weighted by molar-refractivity contribution is 6.00. The number of carbonyl (C=O) groups excluding carboxylic acids is 2. The van der Waals surface area contributed by atoms with Crippen LogP contribution in [0.4, 0.5) is 5.82 Å². The third-order valence-corrected chi connectivity index (χ3v) is 8.48. The van der Waals surface area contributed by atoms with Crippen molar-refractivity contribution in [1.29, 1.82) is 0 Å². The van der Waals surface area contributed by atoms with Crippen LogP contribution in [-0.2, 0) is 13.6 Å². The molecular weight excluding hydrogens is 542 g/mol. The summed E-state index contributed by atoms with van der Waals surface area (Å²) in [6.07, 6.45) is 7.99. The average Bonchev–Trinajstić information content (AvgIpc) is 3.79. The largest absolute Gasteiger partial charge is 0.395 e. The fourth-order valence-electron chi connectivity index (χ4n) is 6.12. The van der Waals surface area contributed by atoms with E-state index in [9.17, 15) is 14.7 Å². The van der Waals surface area contributed by atoms with Crippen LogP contribution in [0.2, 0.25) is 0 Å². The lowest BCUT2D eigenvalue weighted by Gasteiger charge is -2.23. The van der Waals surface area contributed by atoms with Crippen LogP contribution in [0.5, 0.6) is 0 Å². The standard InChI is InChI=1S/C33H37N7O3/c1-38-19-27(17-36-38)26-15-30(31(34)35-16-26)32(42)37-28-10-12-40(20-28)33(43)25-8-3-7-24(14-25)23-6-2-5-22(13-23)18-39-11-4-9-29(39)21-41/h2-3,5-8,13-17,19,28-29,41H,4,9-12,18,20-21H2,1H3,(H2,34,35)(H,37,42)/t28-,29-/m1/s1. The van der Waals surface area contributed by atoms with Gasteiger partial charge in [-0.05, 0) is 66.8 Å². The Morgan fingerprint density at radius 3 is 2.60 bits per heavy atom. The van der Waals surface area contributed by atoms with Crippen molar-refractivity contribution < 1.29 is 14.7 Å². The first-order valence-corrected chi connectivity index (χ1v) is 14.8. The van der Waals surface area contributed by atoms with E-state index in [4.69, 9.17) is 5.73 Å². The number of rotatable bonds is 8. The fraction of sp³-hybridized carbons (Fsp3) is 0.333. The number of aliphatic hydroxyl groups is 1. The predicted molar refractivity (Wildman–Crippen MR) is 165 cm³/mol. The number of aliphatic hydroxyl groups excluding tert-OH is 1. The number of amides is 2. The third-order valence-electron chi connectivity index (χ3n) is 8.48. The summed E-state index contributed by atoms with van der Waals surface area (Å²) in [7, 11) is 1.83. The number of hydrogen-bond donors (Lipinski definition) is 3. The molecule has 2 aromatic heterocycles. The second-order valence-electron chi connectivity index (χ2n) is 11.5. The molecule has 2 fully saturated rings. The van der Waals surface area contributed by atoms with Crippen molar-refractivity contribution in [3.63, 3.8) is 0 Å². The lowest BCUT2D eigenvalue weighted by atomic mass is 10.0. The molecule has 2 aliphatic rings. The van der Waals surface area contributed by atoms with Gasteiger partial charge in [0.25, 0.3) is 11.8 Å². The highest BCUT2D eigenvalue weighted by Crippen LogP contribution is 2.26. The van der Waals surface area contributed by atoms with Crippen LogP contribution in [0.25, 0.3) is 22.3 Å². The van der Waals surface area contributed by atoms with Gasteiger partial charge in [-0.3, -0.25) is 19.2 Å². The van der Waals surface area contributed by atoms with Gasteiger partial charge in [-0.1, -0.05) is 30.3 Å². The number of nitrogens with zero attached hydrogens (tertiary/aromatic N) is 5. The summed E-state index contributed by atoms with van der Waals surface area (Å²) < 4.78 is 1.69. The molecule has 2 aromatic carbocycles. The van der Waals surface area contributed by atoms with E-state index in [0.717, 1.165) is 48.2 Å². The molecule has 0 aliphatic carbocycles. The number of aryl methyl sites for hydroxylation is 1. The molecule has 0 unspecified atom stereocenters. The molecule has 0 saturated carbocycles. The van der Waals surface area contributed by atoms with E-state index in [2.05, 4.69) is 38.5 Å². The molecule has 10 heteroatoms. The maximum absolute atomic E-state index is 13.5. The van der Waals surface area contributed by atoms with Crippen LogP contribution < -0.4 is 11.1 Å². The summed E-state index contributed by atoms with van der Waals surface area (Å²) in [5, 5.41) is 16.9. The van der Waals surface area contributed by atoms with Gasteiger partial charge in [0.2, 0.25) is 0 Å². The van der Waals surface area contributed by atoms with E-state index in [1.165, 1.54) is 5.56 Å². The minimum Gasteiger partial charge on any atom is -0.395 e. The Labute approximate surface area is 251 Å². The summed E-state index contributed by atoms with van der Waals surface area (Å²) in [6, 6.07) is 17.9. The highest BCUT2D eigenvalue weighted by Gasteiger charge is 2.29. The number of anilines is 1. The highest BCUT2D eigenvalue weighted by atomic mass is 16.3. The van der Waals surface area contributed by atoms with Crippen molar-refractivity contribution in [2.75, 3.05) is 32.0 Å². The Kier molecular flexibility index (Phi) is 8.22. The normalized spacial score (nSPS) is 18.7. The second-order valence-corrected chi connectivity index (χ2v) is 11.5. The number of aromatic nitrogens is 3. The number of likely N-dealkylation sites (tertiary alicyclic amines) is 2. The molecule has 4 N–H and O–H groups in total. The van der Waals surface area contributed by atoms with Gasteiger partial charge in [-0.25, -0.2) is 4.98 Å². The van der Waals surface area contributed by atoms with Crippen molar-refractivity contribution >= 4 is 17.6 Å². The predicted octanol–water partition coefficient (Wildman–Crippen LogP) is 3.33. The van der Waals surface area contributed by atoms with Crippen LogP contribution in [-0.4, -0.2) is 79.8 Å². The van der Waals surface area contributed by atoms with E-state index in [1.54, 1.807) is 28.0 Å². The SMILES string of the molecule is Cn1cc(-c2cnc(N)c(C(=O)N[C@@H]3CCN(C(=O)c4cccc(-c5cccc(CN6CCC[C@@H]6CO)c5)c4)C3)c2)cn1. The van der Waals surface area contributed by atoms with Crippen molar-refractivity contribution in [2.24, 2.45) is 7.05 Å². The molecule has 6 rings (SSSR count). The van der Waals surface area contributed by atoms with Gasteiger partial charge < -0.3 is 21.1 Å². The Morgan fingerprint density at radius 2 is 1.81 bits per heavy atom. The summed E-state index contributed by atoms with van der Waals surface area (Å²) in [5.41, 5.74) is 11.8. The number of nitrogens with one attached hydrogen (secondary N) is 1. The van der Waals surface area contributed by atoms with Gasteiger partial charge in [-0.2, -0.15) is 5.10 Å². The molecule has 0 spiro atoms. The van der Waals surface area contributed by atoms with Gasteiger partial charge in [0.15, 0.2) is 0 Å². The lowest BCUT2D eigenvalue weighted by Crippen LogP contribution is -2.38. The van der Waals surface area contributed by atoms with Crippen LogP contribution in [0.1, 0.15) is 45.5 Å². The third kappa shape index (κ3) is 6.30. The Hall–Kier alpha value is -4.54. The Balaban J connectivity index is 1.10. The molecule has 2 saturated heterocycles. The molecule has 222 valence electrons. The zero-order chi connectivity index (χ0) is 29.9. The second kappa shape index (κ2) is 12.4. The maximum atomic E-state index is 13.5. The van der Waals surface area contributed by atoms with Gasteiger partial charge in [0.05, 0.1) is 18.4 Å². The molecule has 43 heavy (non-hydrogen) atoms. The summed E-state index contributed by atoms with van der Waals surface area (Å²) in [4.78, 5) is 35.0. The molecule has 2 atom stereocenters. The molecule has 4 heterocycles. The van der Waals surface area contributed by atoms with E-state index >= 15 is 0 Å². The summed E-state index contributed by atoms with van der Waals surface area (Å²) in [5.74, 6) is -0.209. The van der Waals surface area contributed by atoms with Crippen molar-refractivity contribution in [1.82, 2.24) is 29.9 Å². The van der Waals surface area contributed by atoms with E-state index < -0.39 is 0 Å². The molecule has 2 aliphatic heterocycles. The molecule has 0 radical (unpaired) electrons. The molecular formula is C33H37N7O3. The average molecular weight is 580 g/mol. The lowest BCUT2D eigenvalue weighted by molar-refractivity contribution is 0.0783. The monoisotopic (exact) mass is 579 g/mol. The van der Waals surface area contributed by atoms with Crippen LogP contribution in [0.15, 0.2) is 73.2 Å². The van der Waals surface area contributed by atoms with Gasteiger partial charge in [0.1, 0.15) is 5.82 Å². The first kappa shape index (κ1) is 28.6. The van der Waals surface area contributed by atoms with Crippen molar-refractivity contribution in [2.45, 2.75) is 37.9 Å². The molecule has 0 bridgehead atoms. The minimum absolute atomic E-state index is 0.0580. The van der Waals surface area contributed by atoms with Gasteiger partial charge >= 0.3 is 0 Å². The smallest absolute Gasteiger partial charge is 0.255 e. The molecule has 4 aromatic rings. The van der Waals surface area contributed by atoms with E-state index in [1.807, 2.05) is 43.6 Å². The van der Waals surface area contributed by atoms with E-state index in [-0.39, 0.29) is 36.3 Å². The first-order valence-electron chi connectivity index (χ1n) is 14.8. The maximum Gasteiger partial charge on any atom is 0.255 e. The quantitative estimate of drug-likeness (QED) is 0.292. The number of carbonyl (C=O) groups is 2. The summed E-state index contributed by atoms with van der Waals surface area (Å²) in [6.45, 7) is 2.96. The Bertz CT molecular complexity index is 1630. The number of pyridine rings is 1. The topological polar surface area (TPSA) is 130 Å². The Morgan fingerprint density at radius 1 is 1.00 bits per heavy atom. The number of nitrogens with two attached hydrogens (primary N) is 1. The zero-order valence-corrected chi connectivity index (χ0v) is 24.3. The van der Waals surface area contributed by atoms with Gasteiger partial charge in [0, 0.05) is 67.8 Å². The van der Waals surface area contributed by atoms with Crippen molar-refractivity contribution in [3.05, 3.63) is 89.9 Å². The zero-order valence-electron chi connectivity index (χ0n) is 24.3. The number of benzene rings is 2. The molecule has 10 nitrogen and oxygen atoms in total. The summed E-state index contributed by atoms with van der Waals surface area (Å²) >= 11 is 0. The molecule has 2 amide bonds.